The third-order valence-corrected chi connectivity index (χ3v) is 7.83. The number of rotatable bonds is 8. The molecule has 0 spiro atoms. The molecule has 0 radical (unpaired) electrons. The topological polar surface area (TPSA) is 128 Å². The number of nitrogens with one attached hydrogen (secondary N) is 2. The third-order valence-electron chi connectivity index (χ3n) is 4.87. The van der Waals surface area contributed by atoms with E-state index in [-0.39, 0.29) is 16.7 Å². The summed E-state index contributed by atoms with van der Waals surface area (Å²) in [6.45, 7) is 5.56. The van der Waals surface area contributed by atoms with E-state index in [4.69, 9.17) is 4.74 Å². The second kappa shape index (κ2) is 9.61. The summed E-state index contributed by atoms with van der Waals surface area (Å²) in [5.74, 6) is 1.28. The van der Waals surface area contributed by atoms with Crippen molar-refractivity contribution in [2.75, 3.05) is 4.72 Å². The summed E-state index contributed by atoms with van der Waals surface area (Å²) in [7, 11) is -3.76. The van der Waals surface area contributed by atoms with Crippen molar-refractivity contribution in [2.45, 2.75) is 31.5 Å². The Balaban J connectivity index is 1.43. The third kappa shape index (κ3) is 5.41. The van der Waals surface area contributed by atoms with Gasteiger partial charge in [-0.15, -0.1) is 11.3 Å². The van der Waals surface area contributed by atoms with Gasteiger partial charge in [0.05, 0.1) is 12.2 Å². The van der Waals surface area contributed by atoms with Crippen LogP contribution in [0.15, 0.2) is 59.3 Å². The smallest absolute Gasteiger partial charge is 0.271 e. The molecule has 0 aliphatic rings. The number of sulfonamides is 1. The number of aromatic nitrogens is 4. The summed E-state index contributed by atoms with van der Waals surface area (Å²) in [5, 5.41) is 2.65. The minimum absolute atomic E-state index is 0.159. The van der Waals surface area contributed by atoms with E-state index in [2.05, 4.69) is 25.0 Å². The molecule has 1 aromatic carbocycles. The lowest BCUT2D eigenvalue weighted by Crippen LogP contribution is -2.18. The van der Waals surface area contributed by atoms with Gasteiger partial charge < -0.3 is 10.1 Å². The molecule has 1 amide bonds. The first kappa shape index (κ1) is 23.4. The first-order valence-corrected chi connectivity index (χ1v) is 12.5. The Hall–Kier alpha value is -3.77. The fourth-order valence-electron chi connectivity index (χ4n) is 2.97. The van der Waals surface area contributed by atoms with Crippen molar-refractivity contribution in [3.05, 3.63) is 71.4 Å². The predicted octanol–water partition coefficient (Wildman–Crippen LogP) is 3.57. The Bertz CT molecular complexity index is 1430. The van der Waals surface area contributed by atoms with E-state index in [1.54, 1.807) is 42.7 Å². The molecular weight excluding hydrogens is 476 g/mol. The molecule has 0 saturated carbocycles. The van der Waals surface area contributed by atoms with Crippen LogP contribution in [-0.4, -0.2) is 33.8 Å². The van der Waals surface area contributed by atoms with Gasteiger partial charge in [0.1, 0.15) is 28.4 Å². The zero-order valence-corrected chi connectivity index (χ0v) is 20.3. The summed E-state index contributed by atoms with van der Waals surface area (Å²) in [6.07, 6.45) is 3.09. The molecule has 0 fully saturated rings. The normalized spacial score (nSPS) is 11.3. The standard InChI is InChI=1S/C22H22N6O4S2/c1-14-15(2)28(13-26-14)20-10-21(25-12-24-20)32-18-6-4-17(5-7-18)27-34(30,31)22-9-8-19(33-22)11-23-16(3)29/h4-10,12-13,27H,11H2,1-3H3,(H,23,29). The van der Waals surface area contributed by atoms with E-state index in [0.717, 1.165) is 27.6 Å². The average molecular weight is 499 g/mol. The average Bonchev–Trinajstić information content (AvgIpc) is 3.41. The van der Waals surface area contributed by atoms with E-state index in [1.165, 1.54) is 19.3 Å². The molecule has 2 N–H and O–H groups in total. The molecule has 0 aliphatic heterocycles. The number of imidazole rings is 1. The van der Waals surface area contributed by atoms with Crippen LogP contribution in [0.3, 0.4) is 0 Å². The van der Waals surface area contributed by atoms with Crippen LogP contribution in [-0.2, 0) is 21.4 Å². The molecule has 34 heavy (non-hydrogen) atoms. The number of amides is 1. The van der Waals surface area contributed by atoms with Gasteiger partial charge in [-0.2, -0.15) is 0 Å². The fraction of sp³-hybridized carbons (Fsp3) is 0.182. The molecule has 12 heteroatoms. The molecule has 4 rings (SSSR count). The molecule has 0 aliphatic carbocycles. The maximum absolute atomic E-state index is 12.7. The van der Waals surface area contributed by atoms with Gasteiger partial charge in [-0.25, -0.2) is 23.4 Å². The van der Waals surface area contributed by atoms with Gasteiger partial charge in [0.25, 0.3) is 10.0 Å². The summed E-state index contributed by atoms with van der Waals surface area (Å²) in [6, 6.07) is 11.4. The van der Waals surface area contributed by atoms with Crippen LogP contribution in [0.2, 0.25) is 0 Å². The predicted molar refractivity (Wildman–Crippen MR) is 128 cm³/mol. The van der Waals surface area contributed by atoms with Crippen LogP contribution in [0.5, 0.6) is 11.6 Å². The van der Waals surface area contributed by atoms with Crippen molar-refractivity contribution < 1.29 is 17.9 Å². The largest absolute Gasteiger partial charge is 0.439 e. The Labute approximate surface area is 200 Å². The quantitative estimate of drug-likeness (QED) is 0.380. The first-order chi connectivity index (χ1) is 16.2. The zero-order chi connectivity index (χ0) is 24.3. The highest BCUT2D eigenvalue weighted by molar-refractivity contribution is 7.94. The van der Waals surface area contributed by atoms with E-state index in [1.807, 2.05) is 18.4 Å². The highest BCUT2D eigenvalue weighted by atomic mass is 32.2. The van der Waals surface area contributed by atoms with E-state index < -0.39 is 10.0 Å². The molecule has 10 nitrogen and oxygen atoms in total. The van der Waals surface area contributed by atoms with Crippen LogP contribution in [0, 0.1) is 13.8 Å². The fourth-order valence-corrected chi connectivity index (χ4v) is 5.33. The molecule has 176 valence electrons. The second-order valence-electron chi connectivity index (χ2n) is 7.36. The van der Waals surface area contributed by atoms with Crippen molar-refractivity contribution in [1.29, 1.82) is 0 Å². The number of hydrogen-bond acceptors (Lipinski definition) is 8. The van der Waals surface area contributed by atoms with Crippen LogP contribution < -0.4 is 14.8 Å². The van der Waals surface area contributed by atoms with Gasteiger partial charge >= 0.3 is 0 Å². The number of ether oxygens (including phenoxy) is 1. The Morgan fingerprint density at radius 3 is 2.53 bits per heavy atom. The van der Waals surface area contributed by atoms with Gasteiger partial charge in [-0.1, -0.05) is 0 Å². The number of thiophene rings is 1. The molecule has 0 saturated heterocycles. The summed E-state index contributed by atoms with van der Waals surface area (Å²) < 4.78 is 35.7. The van der Waals surface area contributed by atoms with E-state index >= 15 is 0 Å². The Morgan fingerprint density at radius 1 is 1.09 bits per heavy atom. The summed E-state index contributed by atoms with van der Waals surface area (Å²) in [4.78, 5) is 24.5. The molecular formula is C22H22N6O4S2. The molecule has 4 aromatic rings. The van der Waals surface area contributed by atoms with Crippen LogP contribution in [0.4, 0.5) is 5.69 Å². The molecule has 3 aromatic heterocycles. The number of nitrogens with zero attached hydrogens (tertiary/aromatic N) is 4. The first-order valence-electron chi connectivity index (χ1n) is 10.2. The maximum atomic E-state index is 12.7. The lowest BCUT2D eigenvalue weighted by atomic mass is 10.3. The number of carbonyl (C=O) groups is 1. The van der Waals surface area contributed by atoms with E-state index in [9.17, 15) is 13.2 Å². The highest BCUT2D eigenvalue weighted by Crippen LogP contribution is 2.26. The van der Waals surface area contributed by atoms with Gasteiger partial charge in [0.15, 0.2) is 0 Å². The summed E-state index contributed by atoms with van der Waals surface area (Å²) >= 11 is 1.10. The molecule has 3 heterocycles. The summed E-state index contributed by atoms with van der Waals surface area (Å²) in [5.41, 5.74) is 2.26. The minimum Gasteiger partial charge on any atom is -0.439 e. The van der Waals surface area contributed by atoms with Crippen molar-refractivity contribution in [3.63, 3.8) is 0 Å². The van der Waals surface area contributed by atoms with Crippen LogP contribution >= 0.6 is 11.3 Å². The van der Waals surface area contributed by atoms with Crippen molar-refractivity contribution in [1.82, 2.24) is 24.8 Å². The highest BCUT2D eigenvalue weighted by Gasteiger charge is 2.17. The second-order valence-corrected chi connectivity index (χ2v) is 10.4. The number of benzene rings is 1. The number of anilines is 1. The Kier molecular flexibility index (Phi) is 6.61. The Morgan fingerprint density at radius 2 is 1.85 bits per heavy atom. The van der Waals surface area contributed by atoms with Gasteiger partial charge in [-0.3, -0.25) is 14.1 Å². The van der Waals surface area contributed by atoms with E-state index in [0.29, 0.717) is 23.1 Å². The number of hydrogen-bond donors (Lipinski definition) is 2. The van der Waals surface area contributed by atoms with Crippen LogP contribution in [0.25, 0.3) is 5.82 Å². The number of aryl methyl sites for hydroxylation is 1. The van der Waals surface area contributed by atoms with Gasteiger partial charge in [0.2, 0.25) is 11.8 Å². The molecule has 0 bridgehead atoms. The lowest BCUT2D eigenvalue weighted by Gasteiger charge is -2.09. The SMILES string of the molecule is CC(=O)NCc1ccc(S(=O)(=O)Nc2ccc(Oc3cc(-n4cnc(C)c4C)ncn3)cc2)s1. The zero-order valence-electron chi connectivity index (χ0n) is 18.6. The number of carbonyl (C=O) groups excluding carboxylic acids is 1. The van der Waals surface area contributed by atoms with Crippen LogP contribution in [0.1, 0.15) is 23.2 Å². The molecule has 0 unspecified atom stereocenters. The van der Waals surface area contributed by atoms with Crippen molar-refractivity contribution in [2.24, 2.45) is 0 Å². The van der Waals surface area contributed by atoms with Crippen molar-refractivity contribution in [3.8, 4) is 17.4 Å². The maximum Gasteiger partial charge on any atom is 0.271 e. The lowest BCUT2D eigenvalue weighted by molar-refractivity contribution is -0.119. The molecule has 0 atom stereocenters. The van der Waals surface area contributed by atoms with Gasteiger partial charge in [-0.05, 0) is 50.2 Å². The minimum atomic E-state index is -3.76. The monoisotopic (exact) mass is 498 g/mol. The van der Waals surface area contributed by atoms with Crippen molar-refractivity contribution >= 4 is 33.0 Å². The van der Waals surface area contributed by atoms with Gasteiger partial charge in [0, 0.05) is 29.2 Å².